The lowest BCUT2D eigenvalue weighted by molar-refractivity contribution is -0.143. The van der Waals surface area contributed by atoms with Crippen molar-refractivity contribution in [3.8, 4) is 12.3 Å². The molecule has 0 aliphatic carbocycles. The number of carbonyl (C=O) groups is 2. The molecule has 0 heterocycles. The van der Waals surface area contributed by atoms with Crippen LogP contribution in [0.1, 0.15) is 13.8 Å². The van der Waals surface area contributed by atoms with Crippen molar-refractivity contribution < 1.29 is 19.4 Å². The van der Waals surface area contributed by atoms with Crippen LogP contribution in [0.3, 0.4) is 0 Å². The lowest BCUT2D eigenvalue weighted by Gasteiger charge is -2.19. The van der Waals surface area contributed by atoms with Crippen LogP contribution >= 0.6 is 0 Å². The van der Waals surface area contributed by atoms with Gasteiger partial charge in [0, 0.05) is 0 Å². The lowest BCUT2D eigenvalue weighted by Crippen LogP contribution is -2.44. The molecule has 14 heavy (non-hydrogen) atoms. The number of carbonyl (C=O) groups excluding carboxylic acids is 1. The fraction of sp³-hybridized carbons (Fsp3) is 0.556. The molecule has 0 aromatic rings. The van der Waals surface area contributed by atoms with Crippen LogP contribution in [0, 0.1) is 12.3 Å². The number of aliphatic carboxylic acids is 1. The zero-order valence-corrected chi connectivity index (χ0v) is 8.16. The van der Waals surface area contributed by atoms with Gasteiger partial charge >= 0.3 is 5.97 Å². The molecule has 0 rings (SSSR count). The second kappa shape index (κ2) is 5.25. The van der Waals surface area contributed by atoms with Crippen molar-refractivity contribution in [2.24, 2.45) is 0 Å². The van der Waals surface area contributed by atoms with Gasteiger partial charge in [0.15, 0.2) is 0 Å². The number of nitrogens with one attached hydrogen (secondary N) is 1. The summed E-state index contributed by atoms with van der Waals surface area (Å²) < 4.78 is 4.57. The topological polar surface area (TPSA) is 75.6 Å². The molecular weight excluding hydrogens is 186 g/mol. The van der Waals surface area contributed by atoms with E-state index >= 15 is 0 Å². The summed E-state index contributed by atoms with van der Waals surface area (Å²) in [7, 11) is 0. The Balaban J connectivity index is 3.78. The first-order valence-electron chi connectivity index (χ1n) is 3.95. The zero-order valence-electron chi connectivity index (χ0n) is 8.16. The molecule has 78 valence electrons. The molecule has 0 aromatic carbocycles. The predicted molar refractivity (Wildman–Crippen MR) is 49.5 cm³/mol. The first-order valence-corrected chi connectivity index (χ1v) is 3.95. The summed E-state index contributed by atoms with van der Waals surface area (Å²) in [6.07, 6.45) is 5.13. The van der Waals surface area contributed by atoms with E-state index in [0.717, 1.165) is 0 Å². The van der Waals surface area contributed by atoms with Crippen molar-refractivity contribution >= 4 is 11.9 Å². The number of terminal acetylenes is 1. The van der Waals surface area contributed by atoms with Crippen LogP contribution in [0.15, 0.2) is 0 Å². The minimum absolute atomic E-state index is 0.308. The van der Waals surface area contributed by atoms with Crippen LogP contribution in [-0.2, 0) is 14.3 Å². The van der Waals surface area contributed by atoms with E-state index in [1.165, 1.54) is 0 Å². The van der Waals surface area contributed by atoms with Gasteiger partial charge in [-0.1, -0.05) is 5.92 Å². The summed E-state index contributed by atoms with van der Waals surface area (Å²) in [4.78, 5) is 21.1. The third kappa shape index (κ3) is 6.03. The number of ether oxygens (including phenoxy) is 1. The number of hydrogen-bond donors (Lipinski definition) is 2. The van der Waals surface area contributed by atoms with Gasteiger partial charge in [-0.15, -0.1) is 6.42 Å². The molecule has 5 heteroatoms. The zero-order chi connectivity index (χ0) is 11.2. The summed E-state index contributed by atoms with van der Waals surface area (Å²) in [5.41, 5.74) is -0.746. The van der Waals surface area contributed by atoms with E-state index in [0.29, 0.717) is 0 Å². The second-order valence-electron chi connectivity index (χ2n) is 3.20. The highest BCUT2D eigenvalue weighted by atomic mass is 16.5. The summed E-state index contributed by atoms with van der Waals surface area (Å²) in [5.74, 6) is 0.815. The van der Waals surface area contributed by atoms with Gasteiger partial charge in [-0.2, -0.15) is 0 Å². The van der Waals surface area contributed by atoms with Crippen molar-refractivity contribution in [2.75, 3.05) is 13.2 Å². The minimum Gasteiger partial charge on any atom is -0.480 e. The fourth-order valence-corrected chi connectivity index (χ4v) is 0.652. The molecule has 0 aliphatic rings. The molecule has 0 radical (unpaired) electrons. The maximum atomic E-state index is 11.1. The average Bonchev–Trinajstić information content (AvgIpc) is 2.02. The highest BCUT2D eigenvalue weighted by Crippen LogP contribution is 1.97. The summed E-state index contributed by atoms with van der Waals surface area (Å²) in [5, 5.41) is 10.7. The van der Waals surface area contributed by atoms with Crippen molar-refractivity contribution in [3.63, 3.8) is 0 Å². The molecule has 0 saturated carbocycles. The number of amides is 1. The first kappa shape index (κ1) is 12.5. The molecule has 0 unspecified atom stereocenters. The number of carboxylic acid groups (broad SMARTS) is 1. The molecule has 0 aliphatic heterocycles. The quantitative estimate of drug-likeness (QED) is 0.591. The summed E-state index contributed by atoms with van der Waals surface area (Å²) in [6.45, 7) is 2.51. The number of carboxylic acids is 1. The fourth-order valence-electron chi connectivity index (χ4n) is 0.652. The van der Waals surface area contributed by atoms with Gasteiger partial charge in [0.05, 0.1) is 5.54 Å². The molecular formula is C9H13NO4. The van der Waals surface area contributed by atoms with Crippen molar-refractivity contribution in [1.29, 1.82) is 0 Å². The van der Waals surface area contributed by atoms with Gasteiger partial charge in [-0.25, -0.2) is 4.79 Å². The normalized spacial score (nSPS) is 10.4. The van der Waals surface area contributed by atoms with Crippen molar-refractivity contribution in [2.45, 2.75) is 19.4 Å². The Labute approximate surface area is 82.4 Å². The smallest absolute Gasteiger partial charge is 0.329 e. The maximum absolute atomic E-state index is 11.1. The minimum atomic E-state index is -1.12. The molecule has 0 spiro atoms. The van der Waals surface area contributed by atoms with Gasteiger partial charge in [-0.05, 0) is 13.8 Å². The van der Waals surface area contributed by atoms with Gasteiger partial charge in [-0.3, -0.25) is 4.79 Å². The van der Waals surface area contributed by atoms with Crippen LogP contribution in [0.2, 0.25) is 0 Å². The largest absolute Gasteiger partial charge is 0.480 e. The predicted octanol–water partition coefficient (Wildman–Crippen LogP) is -0.384. The maximum Gasteiger partial charge on any atom is 0.329 e. The van der Waals surface area contributed by atoms with Gasteiger partial charge in [0.1, 0.15) is 13.2 Å². The Hall–Kier alpha value is -1.54. The Morgan fingerprint density at radius 3 is 2.50 bits per heavy atom. The molecule has 0 bridgehead atoms. The highest BCUT2D eigenvalue weighted by molar-refractivity contribution is 5.78. The van der Waals surface area contributed by atoms with E-state index < -0.39 is 24.0 Å². The van der Waals surface area contributed by atoms with Crippen molar-refractivity contribution in [3.05, 3.63) is 0 Å². The van der Waals surface area contributed by atoms with E-state index in [9.17, 15) is 9.59 Å². The van der Waals surface area contributed by atoms with Gasteiger partial charge in [0.25, 0.3) is 0 Å². The van der Waals surface area contributed by atoms with Crippen LogP contribution in [0.5, 0.6) is 0 Å². The Kier molecular flexibility index (Phi) is 4.67. The second-order valence-corrected chi connectivity index (χ2v) is 3.20. The summed E-state index contributed by atoms with van der Waals surface area (Å²) in [6, 6.07) is 0. The monoisotopic (exact) mass is 199 g/mol. The van der Waals surface area contributed by atoms with E-state index in [2.05, 4.69) is 16.0 Å². The Morgan fingerprint density at radius 2 is 2.07 bits per heavy atom. The lowest BCUT2D eigenvalue weighted by atomic mass is 10.1. The standard InChI is InChI=1S/C9H13NO4/c1-4-9(2,3)10-7(11)5-14-6-8(12)13/h1H,5-6H2,2-3H3,(H,10,11)(H,12,13). The first-order chi connectivity index (χ1) is 6.37. The summed E-state index contributed by atoms with van der Waals surface area (Å²) >= 11 is 0. The third-order valence-corrected chi connectivity index (χ3v) is 1.27. The van der Waals surface area contributed by atoms with Crippen LogP contribution in [0.25, 0.3) is 0 Å². The van der Waals surface area contributed by atoms with Gasteiger partial charge in [0.2, 0.25) is 5.91 Å². The Morgan fingerprint density at radius 1 is 1.50 bits per heavy atom. The molecule has 2 N–H and O–H groups in total. The van der Waals surface area contributed by atoms with E-state index in [1.807, 2.05) is 0 Å². The van der Waals surface area contributed by atoms with E-state index in [1.54, 1.807) is 13.8 Å². The molecule has 5 nitrogen and oxygen atoms in total. The molecule has 0 aromatic heterocycles. The number of rotatable bonds is 5. The van der Waals surface area contributed by atoms with Gasteiger partial charge < -0.3 is 15.2 Å². The van der Waals surface area contributed by atoms with Crippen LogP contribution < -0.4 is 5.32 Å². The van der Waals surface area contributed by atoms with E-state index in [-0.39, 0.29) is 6.61 Å². The molecule has 0 saturated heterocycles. The SMILES string of the molecule is C#CC(C)(C)NC(=O)COCC(=O)O. The highest BCUT2D eigenvalue weighted by Gasteiger charge is 2.16. The molecule has 0 fully saturated rings. The molecule has 0 atom stereocenters. The van der Waals surface area contributed by atoms with Crippen LogP contribution in [0.4, 0.5) is 0 Å². The third-order valence-electron chi connectivity index (χ3n) is 1.27. The van der Waals surface area contributed by atoms with E-state index in [4.69, 9.17) is 11.5 Å². The Bertz CT molecular complexity index is 264. The molecule has 1 amide bonds. The number of hydrogen-bond acceptors (Lipinski definition) is 3. The van der Waals surface area contributed by atoms with Crippen LogP contribution in [-0.4, -0.2) is 35.7 Å². The van der Waals surface area contributed by atoms with Crippen molar-refractivity contribution in [1.82, 2.24) is 5.32 Å². The average molecular weight is 199 g/mol.